The predicted molar refractivity (Wildman–Crippen MR) is 107 cm³/mol. The van der Waals surface area contributed by atoms with Crippen LogP contribution in [-0.2, 0) is 10.0 Å². The Hall–Kier alpha value is -2.54. The maximum atomic E-state index is 12.8. The summed E-state index contributed by atoms with van der Waals surface area (Å²) < 4.78 is 31.8. The number of anilines is 1. The van der Waals surface area contributed by atoms with Gasteiger partial charge in [0.15, 0.2) is 0 Å². The van der Waals surface area contributed by atoms with E-state index in [4.69, 9.17) is 4.74 Å². The Labute approximate surface area is 161 Å². The van der Waals surface area contributed by atoms with Crippen LogP contribution < -0.4 is 14.4 Å². The van der Waals surface area contributed by atoms with Gasteiger partial charge in [0.1, 0.15) is 5.75 Å². The molecule has 2 rings (SSSR count). The van der Waals surface area contributed by atoms with Gasteiger partial charge >= 0.3 is 0 Å². The number of amides is 1. The van der Waals surface area contributed by atoms with Crippen molar-refractivity contribution in [3.05, 3.63) is 54.1 Å². The Morgan fingerprint density at radius 2 is 1.67 bits per heavy atom. The average molecular weight is 391 g/mol. The van der Waals surface area contributed by atoms with Crippen molar-refractivity contribution in [3.63, 3.8) is 0 Å². The normalized spacial score (nSPS) is 11.1. The van der Waals surface area contributed by atoms with Gasteiger partial charge in [0.05, 0.1) is 17.7 Å². The minimum absolute atomic E-state index is 0.154. The first-order valence-corrected chi connectivity index (χ1v) is 10.4. The number of carbonyl (C=O) groups is 1. The fourth-order valence-corrected chi connectivity index (χ4v) is 3.74. The second kappa shape index (κ2) is 9.41. The third-order valence-electron chi connectivity index (χ3n) is 4.28. The van der Waals surface area contributed by atoms with Crippen LogP contribution in [-0.4, -0.2) is 35.0 Å². The van der Waals surface area contributed by atoms with Crippen molar-refractivity contribution >= 4 is 21.6 Å². The summed E-state index contributed by atoms with van der Waals surface area (Å²) in [5.74, 6) is 0.434. The molecule has 2 aromatic rings. The number of ether oxygens (including phenoxy) is 1. The first-order valence-electron chi connectivity index (χ1n) is 8.91. The third kappa shape index (κ3) is 5.23. The summed E-state index contributed by atoms with van der Waals surface area (Å²) in [6, 6.07) is 12.7. The molecule has 0 radical (unpaired) electrons. The van der Waals surface area contributed by atoms with Crippen molar-refractivity contribution in [2.45, 2.75) is 31.1 Å². The highest BCUT2D eigenvalue weighted by atomic mass is 32.2. The molecule has 0 heterocycles. The van der Waals surface area contributed by atoms with E-state index in [2.05, 4.69) is 12.2 Å². The van der Waals surface area contributed by atoms with Crippen molar-refractivity contribution in [3.8, 4) is 5.75 Å². The second-order valence-electron chi connectivity index (χ2n) is 6.16. The lowest BCUT2D eigenvalue weighted by atomic mass is 10.2. The van der Waals surface area contributed by atoms with E-state index in [1.165, 1.54) is 30.6 Å². The molecule has 7 heteroatoms. The molecule has 0 aromatic heterocycles. The number of hydrogen-bond acceptors (Lipinski definition) is 4. The van der Waals surface area contributed by atoms with Crippen molar-refractivity contribution in [1.82, 2.24) is 5.32 Å². The van der Waals surface area contributed by atoms with Gasteiger partial charge in [0.25, 0.3) is 15.9 Å². The first kappa shape index (κ1) is 20.8. The lowest BCUT2D eigenvalue weighted by Crippen LogP contribution is -2.27. The Morgan fingerprint density at radius 3 is 2.22 bits per heavy atom. The standard InChI is InChI=1S/C20H26N2O4S/c1-4-5-6-15-21-20(23)16-7-9-17(10-8-16)22(2)27(24,25)19-13-11-18(26-3)12-14-19/h7-14H,4-6,15H2,1-3H3,(H,21,23). The van der Waals surface area contributed by atoms with Crippen LogP contribution in [0.25, 0.3) is 0 Å². The van der Waals surface area contributed by atoms with Crippen LogP contribution in [0.5, 0.6) is 5.75 Å². The first-order chi connectivity index (χ1) is 12.9. The highest BCUT2D eigenvalue weighted by Gasteiger charge is 2.21. The average Bonchev–Trinajstić information content (AvgIpc) is 2.70. The second-order valence-corrected chi connectivity index (χ2v) is 8.13. The van der Waals surface area contributed by atoms with Crippen molar-refractivity contribution in [2.75, 3.05) is 25.0 Å². The minimum atomic E-state index is -3.69. The summed E-state index contributed by atoms with van der Waals surface area (Å²) in [6.45, 7) is 2.75. The molecule has 0 fully saturated rings. The van der Waals surface area contributed by atoms with Gasteiger partial charge in [0, 0.05) is 19.2 Å². The summed E-state index contributed by atoms with van der Waals surface area (Å²) in [4.78, 5) is 12.3. The van der Waals surface area contributed by atoms with Gasteiger partial charge in [0.2, 0.25) is 0 Å². The van der Waals surface area contributed by atoms with Gasteiger partial charge in [-0.15, -0.1) is 0 Å². The van der Waals surface area contributed by atoms with Crippen molar-refractivity contribution in [1.29, 1.82) is 0 Å². The summed E-state index contributed by atoms with van der Waals surface area (Å²) >= 11 is 0. The van der Waals surface area contributed by atoms with E-state index in [-0.39, 0.29) is 10.8 Å². The Bertz CT molecular complexity index is 847. The summed E-state index contributed by atoms with van der Waals surface area (Å²) in [5.41, 5.74) is 0.985. The zero-order chi connectivity index (χ0) is 19.9. The van der Waals surface area contributed by atoms with Crippen LogP contribution in [0, 0.1) is 0 Å². The van der Waals surface area contributed by atoms with Crippen LogP contribution in [0.4, 0.5) is 5.69 Å². The maximum Gasteiger partial charge on any atom is 0.264 e. The molecule has 0 aliphatic heterocycles. The largest absolute Gasteiger partial charge is 0.497 e. The van der Waals surface area contributed by atoms with Gasteiger partial charge in [-0.25, -0.2) is 8.42 Å². The fourth-order valence-electron chi connectivity index (χ4n) is 2.55. The number of methoxy groups -OCH3 is 1. The lowest BCUT2D eigenvalue weighted by molar-refractivity contribution is 0.0953. The van der Waals surface area contributed by atoms with Crippen LogP contribution in [0.15, 0.2) is 53.4 Å². The van der Waals surface area contributed by atoms with Crippen LogP contribution in [0.1, 0.15) is 36.5 Å². The highest BCUT2D eigenvalue weighted by molar-refractivity contribution is 7.92. The van der Waals surface area contributed by atoms with Crippen LogP contribution >= 0.6 is 0 Å². The molecule has 6 nitrogen and oxygen atoms in total. The van der Waals surface area contributed by atoms with Crippen LogP contribution in [0.3, 0.4) is 0 Å². The van der Waals surface area contributed by atoms with Gasteiger partial charge in [-0.2, -0.15) is 0 Å². The van der Waals surface area contributed by atoms with E-state index in [1.54, 1.807) is 36.4 Å². The minimum Gasteiger partial charge on any atom is -0.497 e. The number of benzene rings is 2. The molecule has 146 valence electrons. The summed E-state index contributed by atoms with van der Waals surface area (Å²) in [7, 11) is -0.683. The van der Waals surface area contributed by atoms with Gasteiger partial charge in [-0.05, 0) is 55.0 Å². The molecule has 1 N–H and O–H groups in total. The van der Waals surface area contributed by atoms with E-state index >= 15 is 0 Å². The molecule has 0 bridgehead atoms. The molecule has 1 amide bonds. The maximum absolute atomic E-state index is 12.8. The monoisotopic (exact) mass is 390 g/mol. The van der Waals surface area contributed by atoms with Gasteiger partial charge in [-0.3, -0.25) is 9.10 Å². The number of nitrogens with one attached hydrogen (secondary N) is 1. The predicted octanol–water partition coefficient (Wildman–Crippen LogP) is 3.44. The fraction of sp³-hybridized carbons (Fsp3) is 0.350. The van der Waals surface area contributed by atoms with Gasteiger partial charge < -0.3 is 10.1 Å². The topological polar surface area (TPSA) is 75.7 Å². The lowest BCUT2D eigenvalue weighted by Gasteiger charge is -2.20. The van der Waals surface area contributed by atoms with E-state index < -0.39 is 10.0 Å². The Balaban J connectivity index is 2.09. The molecule has 0 aliphatic carbocycles. The van der Waals surface area contributed by atoms with Gasteiger partial charge in [-0.1, -0.05) is 19.8 Å². The van der Waals surface area contributed by atoms with Crippen molar-refractivity contribution in [2.24, 2.45) is 0 Å². The number of rotatable bonds is 9. The Kier molecular flexibility index (Phi) is 7.24. The molecule has 0 aliphatic rings. The van der Waals surface area contributed by atoms with Crippen molar-refractivity contribution < 1.29 is 17.9 Å². The molecular weight excluding hydrogens is 364 g/mol. The SMILES string of the molecule is CCCCCNC(=O)c1ccc(N(C)S(=O)(=O)c2ccc(OC)cc2)cc1. The molecule has 0 saturated heterocycles. The van der Waals surface area contributed by atoms with E-state index in [0.717, 1.165) is 19.3 Å². The number of nitrogens with zero attached hydrogens (tertiary/aromatic N) is 1. The molecule has 0 spiro atoms. The Morgan fingerprint density at radius 1 is 1.04 bits per heavy atom. The molecular formula is C20H26N2O4S. The van der Waals surface area contributed by atoms with E-state index in [9.17, 15) is 13.2 Å². The zero-order valence-corrected chi connectivity index (χ0v) is 16.8. The third-order valence-corrected chi connectivity index (χ3v) is 6.08. The molecule has 0 unspecified atom stereocenters. The smallest absolute Gasteiger partial charge is 0.264 e. The molecule has 0 atom stereocenters. The zero-order valence-electron chi connectivity index (χ0n) is 15.9. The number of carbonyl (C=O) groups excluding carboxylic acids is 1. The summed E-state index contributed by atoms with van der Waals surface area (Å²) in [6.07, 6.45) is 3.12. The van der Waals surface area contributed by atoms with E-state index in [1.807, 2.05) is 0 Å². The molecule has 27 heavy (non-hydrogen) atoms. The highest BCUT2D eigenvalue weighted by Crippen LogP contribution is 2.24. The number of unbranched alkanes of at least 4 members (excludes halogenated alkanes) is 2. The summed E-state index contributed by atoms with van der Waals surface area (Å²) in [5, 5.41) is 2.87. The van der Waals surface area contributed by atoms with Crippen LogP contribution in [0.2, 0.25) is 0 Å². The molecule has 2 aromatic carbocycles. The molecule has 0 saturated carbocycles. The van der Waals surface area contributed by atoms with E-state index in [0.29, 0.717) is 23.5 Å². The number of hydrogen-bond donors (Lipinski definition) is 1. The quantitative estimate of drug-likeness (QED) is 0.666. The number of sulfonamides is 1.